The van der Waals surface area contributed by atoms with E-state index in [1.165, 1.54) is 6.42 Å². The smallest absolute Gasteiger partial charge is 0.254 e. The Hall–Kier alpha value is -2.01. The molecule has 2 aliphatic rings. The van der Waals surface area contributed by atoms with Crippen molar-refractivity contribution in [3.8, 4) is 11.5 Å². The van der Waals surface area contributed by atoms with E-state index in [1.807, 2.05) is 4.90 Å². The minimum atomic E-state index is 0.0629. The number of fused-ring (bicyclic) bond motifs is 2. The highest BCUT2D eigenvalue weighted by molar-refractivity contribution is 5.95. The normalized spacial score (nSPS) is 23.3. The van der Waals surface area contributed by atoms with Gasteiger partial charge in [0.2, 0.25) is 0 Å². The lowest BCUT2D eigenvalue weighted by Gasteiger charge is -2.24. The van der Waals surface area contributed by atoms with Crippen molar-refractivity contribution in [2.45, 2.75) is 31.3 Å². The zero-order chi connectivity index (χ0) is 16.2. The van der Waals surface area contributed by atoms with Gasteiger partial charge in [-0.2, -0.15) is 0 Å². The van der Waals surface area contributed by atoms with Gasteiger partial charge in [0.05, 0.1) is 7.11 Å². The van der Waals surface area contributed by atoms with Gasteiger partial charge in [0, 0.05) is 30.7 Å². The second kappa shape index (κ2) is 7.04. The highest BCUT2D eigenvalue weighted by Gasteiger charge is 2.31. The van der Waals surface area contributed by atoms with Gasteiger partial charge in [0.15, 0.2) is 11.5 Å². The van der Waals surface area contributed by atoms with E-state index < -0.39 is 0 Å². The van der Waals surface area contributed by atoms with E-state index in [9.17, 15) is 4.79 Å². The Morgan fingerprint density at radius 3 is 2.96 bits per heavy atom. The van der Waals surface area contributed by atoms with Gasteiger partial charge in [0.25, 0.3) is 5.91 Å². The molecule has 124 valence electrons. The summed E-state index contributed by atoms with van der Waals surface area (Å²) in [5.41, 5.74) is 0.644. The topological polar surface area (TPSA) is 50.8 Å². The van der Waals surface area contributed by atoms with Crippen molar-refractivity contribution in [3.05, 3.63) is 36.4 Å². The lowest BCUT2D eigenvalue weighted by molar-refractivity contribution is 0.0747. The first-order valence-corrected chi connectivity index (χ1v) is 8.18. The summed E-state index contributed by atoms with van der Waals surface area (Å²) >= 11 is 0. The van der Waals surface area contributed by atoms with Crippen LogP contribution in [0.1, 0.15) is 29.6 Å². The SMILES string of the molecule is C=CCOc1ccc(C(=O)N2CCC3CCC(C2)N3)cc1OC. The van der Waals surface area contributed by atoms with E-state index in [4.69, 9.17) is 9.47 Å². The average molecular weight is 316 g/mol. The van der Waals surface area contributed by atoms with Gasteiger partial charge < -0.3 is 19.7 Å². The molecule has 2 fully saturated rings. The summed E-state index contributed by atoms with van der Waals surface area (Å²) in [6.45, 7) is 5.63. The summed E-state index contributed by atoms with van der Waals surface area (Å²) in [5.74, 6) is 1.26. The molecular weight excluding hydrogens is 292 g/mol. The van der Waals surface area contributed by atoms with Crippen LogP contribution < -0.4 is 14.8 Å². The van der Waals surface area contributed by atoms with Crippen molar-refractivity contribution in [1.82, 2.24) is 10.2 Å². The molecular formula is C18H24N2O3. The van der Waals surface area contributed by atoms with Crippen LogP contribution in [0.4, 0.5) is 0 Å². The van der Waals surface area contributed by atoms with Gasteiger partial charge in [-0.25, -0.2) is 0 Å². The van der Waals surface area contributed by atoms with Gasteiger partial charge in [-0.1, -0.05) is 12.7 Å². The number of likely N-dealkylation sites (tertiary alicyclic amines) is 1. The minimum Gasteiger partial charge on any atom is -0.493 e. The standard InChI is InChI=1S/C18H24N2O3/c1-3-10-23-16-7-4-13(11-17(16)22-2)18(21)20-9-8-14-5-6-15(12-20)19-14/h3-4,7,11,14-15,19H,1,5-6,8-10,12H2,2H3. The van der Waals surface area contributed by atoms with Crippen molar-refractivity contribution >= 4 is 5.91 Å². The van der Waals surface area contributed by atoms with Crippen LogP contribution in [-0.4, -0.2) is 49.7 Å². The fourth-order valence-electron chi connectivity index (χ4n) is 3.38. The summed E-state index contributed by atoms with van der Waals surface area (Å²) in [6, 6.07) is 6.36. The molecule has 0 spiro atoms. The van der Waals surface area contributed by atoms with Crippen molar-refractivity contribution in [2.75, 3.05) is 26.8 Å². The zero-order valence-electron chi connectivity index (χ0n) is 13.6. The molecule has 2 bridgehead atoms. The number of ether oxygens (including phenoxy) is 2. The number of amides is 1. The Bertz CT molecular complexity index is 588. The minimum absolute atomic E-state index is 0.0629. The number of benzene rings is 1. The molecule has 2 atom stereocenters. The number of nitrogens with one attached hydrogen (secondary N) is 1. The number of carbonyl (C=O) groups excluding carboxylic acids is 1. The maximum atomic E-state index is 12.8. The molecule has 0 aliphatic carbocycles. The number of carbonyl (C=O) groups is 1. The summed E-state index contributed by atoms with van der Waals surface area (Å²) in [5, 5.41) is 3.60. The first-order valence-electron chi connectivity index (χ1n) is 8.18. The van der Waals surface area contributed by atoms with Crippen molar-refractivity contribution < 1.29 is 14.3 Å². The maximum Gasteiger partial charge on any atom is 0.254 e. The number of nitrogens with zero attached hydrogens (tertiary/aromatic N) is 1. The van der Waals surface area contributed by atoms with E-state index in [1.54, 1.807) is 31.4 Å². The second-order valence-corrected chi connectivity index (χ2v) is 6.14. The first kappa shape index (κ1) is 15.9. The van der Waals surface area contributed by atoms with Crippen molar-refractivity contribution in [2.24, 2.45) is 0 Å². The average Bonchev–Trinajstić information content (AvgIpc) is 2.91. The quantitative estimate of drug-likeness (QED) is 0.846. The Labute approximate surface area is 137 Å². The monoisotopic (exact) mass is 316 g/mol. The Morgan fingerprint density at radius 2 is 2.17 bits per heavy atom. The van der Waals surface area contributed by atoms with E-state index in [-0.39, 0.29) is 5.91 Å². The van der Waals surface area contributed by atoms with Crippen LogP contribution in [0.3, 0.4) is 0 Å². The molecule has 5 nitrogen and oxygen atoms in total. The van der Waals surface area contributed by atoms with E-state index in [0.29, 0.717) is 35.8 Å². The maximum absolute atomic E-state index is 12.8. The van der Waals surface area contributed by atoms with E-state index in [0.717, 1.165) is 25.9 Å². The van der Waals surface area contributed by atoms with Crippen LogP contribution in [0, 0.1) is 0 Å². The highest BCUT2D eigenvalue weighted by Crippen LogP contribution is 2.29. The molecule has 5 heteroatoms. The molecule has 3 rings (SSSR count). The summed E-state index contributed by atoms with van der Waals surface area (Å²) in [4.78, 5) is 14.8. The van der Waals surface area contributed by atoms with Gasteiger partial charge in [0.1, 0.15) is 6.61 Å². The molecule has 2 aliphatic heterocycles. The molecule has 1 N–H and O–H groups in total. The molecule has 1 aromatic carbocycles. The molecule has 1 aromatic rings. The van der Waals surface area contributed by atoms with Crippen LogP contribution in [0.15, 0.2) is 30.9 Å². The third-order valence-corrected chi connectivity index (χ3v) is 4.58. The Balaban J connectivity index is 1.75. The molecule has 2 saturated heterocycles. The number of rotatable bonds is 5. The Kier molecular flexibility index (Phi) is 4.86. The summed E-state index contributed by atoms with van der Waals surface area (Å²) in [7, 11) is 1.58. The summed E-state index contributed by atoms with van der Waals surface area (Å²) in [6.07, 6.45) is 5.10. The van der Waals surface area contributed by atoms with Crippen LogP contribution in [0.2, 0.25) is 0 Å². The molecule has 23 heavy (non-hydrogen) atoms. The lowest BCUT2D eigenvalue weighted by Crippen LogP contribution is -2.39. The fourth-order valence-corrected chi connectivity index (χ4v) is 3.38. The van der Waals surface area contributed by atoms with Crippen LogP contribution in [0.25, 0.3) is 0 Å². The molecule has 2 unspecified atom stereocenters. The highest BCUT2D eigenvalue weighted by atomic mass is 16.5. The summed E-state index contributed by atoms with van der Waals surface area (Å²) < 4.78 is 10.9. The first-order chi connectivity index (χ1) is 11.2. The predicted octanol–water partition coefficient (Wildman–Crippen LogP) is 2.23. The van der Waals surface area contributed by atoms with Crippen molar-refractivity contribution in [3.63, 3.8) is 0 Å². The molecule has 1 amide bonds. The molecule has 0 aromatic heterocycles. The van der Waals surface area contributed by atoms with E-state index >= 15 is 0 Å². The molecule has 0 radical (unpaired) electrons. The zero-order valence-corrected chi connectivity index (χ0v) is 13.6. The number of hydrogen-bond acceptors (Lipinski definition) is 4. The molecule has 0 saturated carbocycles. The number of hydrogen-bond donors (Lipinski definition) is 1. The third-order valence-electron chi connectivity index (χ3n) is 4.58. The molecule has 2 heterocycles. The lowest BCUT2D eigenvalue weighted by atomic mass is 10.1. The van der Waals surface area contributed by atoms with Crippen molar-refractivity contribution in [1.29, 1.82) is 0 Å². The van der Waals surface area contributed by atoms with Gasteiger partial charge in [-0.15, -0.1) is 0 Å². The Morgan fingerprint density at radius 1 is 1.35 bits per heavy atom. The van der Waals surface area contributed by atoms with Crippen LogP contribution in [0.5, 0.6) is 11.5 Å². The largest absolute Gasteiger partial charge is 0.493 e. The van der Waals surface area contributed by atoms with Crippen LogP contribution >= 0.6 is 0 Å². The second-order valence-electron chi connectivity index (χ2n) is 6.14. The van der Waals surface area contributed by atoms with Gasteiger partial charge >= 0.3 is 0 Å². The van der Waals surface area contributed by atoms with E-state index in [2.05, 4.69) is 11.9 Å². The number of methoxy groups -OCH3 is 1. The third kappa shape index (κ3) is 3.50. The fraction of sp³-hybridized carbons (Fsp3) is 0.500. The van der Waals surface area contributed by atoms with Crippen LogP contribution in [-0.2, 0) is 0 Å². The van der Waals surface area contributed by atoms with Gasteiger partial charge in [-0.3, -0.25) is 4.79 Å². The van der Waals surface area contributed by atoms with Gasteiger partial charge in [-0.05, 0) is 37.5 Å². The predicted molar refractivity (Wildman–Crippen MR) is 89.2 cm³/mol.